The van der Waals surface area contributed by atoms with E-state index in [1.807, 2.05) is 11.4 Å². The van der Waals surface area contributed by atoms with E-state index in [1.54, 1.807) is 0 Å². The van der Waals surface area contributed by atoms with E-state index in [2.05, 4.69) is 12.2 Å². The number of piperidine rings is 1. The molecule has 0 amide bonds. The molecule has 2 nitrogen and oxygen atoms in total. The summed E-state index contributed by atoms with van der Waals surface area (Å²) in [7, 11) is 0. The van der Waals surface area contributed by atoms with Crippen LogP contribution in [0.4, 0.5) is 0 Å². The molecule has 0 radical (unpaired) electrons. The van der Waals surface area contributed by atoms with E-state index in [0.29, 0.717) is 5.92 Å². The van der Waals surface area contributed by atoms with Gasteiger partial charge >= 0.3 is 0 Å². The average Bonchev–Trinajstić information content (AvgIpc) is 2.64. The van der Waals surface area contributed by atoms with Crippen LogP contribution in [-0.2, 0) is 0 Å². The van der Waals surface area contributed by atoms with Crippen molar-refractivity contribution >= 4 is 22.9 Å². The zero-order chi connectivity index (χ0) is 10.8. The van der Waals surface area contributed by atoms with Crippen molar-refractivity contribution in [1.82, 2.24) is 5.32 Å². The molecule has 3 unspecified atom stereocenters. The molecular weight excluding hydrogens is 230 g/mol. The van der Waals surface area contributed by atoms with Gasteiger partial charge in [-0.15, -0.1) is 11.3 Å². The second-order valence-corrected chi connectivity index (χ2v) is 5.68. The van der Waals surface area contributed by atoms with Crippen LogP contribution in [0.25, 0.3) is 0 Å². The highest BCUT2D eigenvalue weighted by atomic mass is 35.5. The number of rotatable bonds is 2. The van der Waals surface area contributed by atoms with Crippen LogP contribution in [0.15, 0.2) is 11.4 Å². The van der Waals surface area contributed by atoms with Crippen LogP contribution in [0.1, 0.15) is 30.7 Å². The molecule has 1 aliphatic heterocycles. The Labute approximate surface area is 99.3 Å². The second-order valence-electron chi connectivity index (χ2n) is 4.30. The van der Waals surface area contributed by atoms with Crippen molar-refractivity contribution < 1.29 is 5.11 Å². The van der Waals surface area contributed by atoms with Crippen LogP contribution in [0.2, 0.25) is 5.02 Å². The van der Waals surface area contributed by atoms with E-state index in [1.165, 1.54) is 17.8 Å². The van der Waals surface area contributed by atoms with Gasteiger partial charge in [-0.2, -0.15) is 0 Å². The molecule has 0 saturated carbocycles. The van der Waals surface area contributed by atoms with Gasteiger partial charge in [0.25, 0.3) is 0 Å². The molecule has 0 spiro atoms. The van der Waals surface area contributed by atoms with E-state index in [9.17, 15) is 5.11 Å². The van der Waals surface area contributed by atoms with Crippen LogP contribution in [0, 0.1) is 5.92 Å². The van der Waals surface area contributed by atoms with Crippen molar-refractivity contribution in [3.8, 4) is 0 Å². The summed E-state index contributed by atoms with van der Waals surface area (Å²) in [6.07, 6.45) is 1.83. The molecule has 4 heteroatoms. The number of aliphatic hydroxyl groups is 1. The lowest BCUT2D eigenvalue weighted by molar-refractivity contribution is 0.104. The third-order valence-electron chi connectivity index (χ3n) is 2.96. The molecule has 1 aromatic heterocycles. The van der Waals surface area contributed by atoms with E-state index in [4.69, 9.17) is 11.6 Å². The smallest absolute Gasteiger partial charge is 0.103 e. The molecule has 1 fully saturated rings. The number of halogens is 1. The zero-order valence-electron chi connectivity index (χ0n) is 8.74. The van der Waals surface area contributed by atoms with Crippen LogP contribution in [0.5, 0.6) is 0 Å². The molecule has 2 N–H and O–H groups in total. The summed E-state index contributed by atoms with van der Waals surface area (Å²) in [5.74, 6) is 0.696. The lowest BCUT2D eigenvalue weighted by Crippen LogP contribution is -2.41. The molecular formula is C11H16ClNOS. The van der Waals surface area contributed by atoms with Gasteiger partial charge in [-0.25, -0.2) is 0 Å². The summed E-state index contributed by atoms with van der Waals surface area (Å²) in [4.78, 5) is 0.964. The van der Waals surface area contributed by atoms with Crippen molar-refractivity contribution in [3.05, 3.63) is 21.3 Å². The normalized spacial score (nSPS) is 29.0. The van der Waals surface area contributed by atoms with Crippen LogP contribution in [0.3, 0.4) is 0 Å². The van der Waals surface area contributed by atoms with Crippen molar-refractivity contribution in [1.29, 1.82) is 0 Å². The van der Waals surface area contributed by atoms with Gasteiger partial charge in [0.1, 0.15) is 6.10 Å². The molecule has 1 saturated heterocycles. The second kappa shape index (κ2) is 4.83. The molecule has 3 atom stereocenters. The van der Waals surface area contributed by atoms with Crippen molar-refractivity contribution in [2.24, 2.45) is 5.92 Å². The first-order valence-electron chi connectivity index (χ1n) is 5.32. The highest BCUT2D eigenvalue weighted by molar-refractivity contribution is 7.10. The quantitative estimate of drug-likeness (QED) is 0.840. The fourth-order valence-electron chi connectivity index (χ4n) is 2.07. The van der Waals surface area contributed by atoms with Gasteiger partial charge in [-0.3, -0.25) is 0 Å². The van der Waals surface area contributed by atoms with Gasteiger partial charge in [0, 0.05) is 16.3 Å². The summed E-state index contributed by atoms with van der Waals surface area (Å²) in [6, 6.07) is 2.04. The number of hydrogen-bond acceptors (Lipinski definition) is 3. The summed E-state index contributed by atoms with van der Waals surface area (Å²) in [6.45, 7) is 3.24. The summed E-state index contributed by atoms with van der Waals surface area (Å²) < 4.78 is 0. The van der Waals surface area contributed by atoms with E-state index < -0.39 is 6.10 Å². The van der Waals surface area contributed by atoms with E-state index in [0.717, 1.165) is 22.9 Å². The lowest BCUT2D eigenvalue weighted by atomic mass is 9.91. The Bertz CT molecular complexity index is 328. The van der Waals surface area contributed by atoms with Crippen molar-refractivity contribution in [2.75, 3.05) is 6.54 Å². The van der Waals surface area contributed by atoms with E-state index >= 15 is 0 Å². The standard InChI is InChI=1S/C11H16ClNOS/c1-7-2-3-13-9(4-7)11(14)10-5-8(12)6-15-10/h5-7,9,11,13-14H,2-4H2,1H3. The Kier molecular flexibility index (Phi) is 3.67. The molecule has 1 aliphatic rings. The van der Waals surface area contributed by atoms with E-state index in [-0.39, 0.29) is 6.04 Å². The Morgan fingerprint density at radius 2 is 2.47 bits per heavy atom. The monoisotopic (exact) mass is 245 g/mol. The number of nitrogens with one attached hydrogen (secondary N) is 1. The minimum absolute atomic E-state index is 0.184. The Morgan fingerprint density at radius 3 is 3.07 bits per heavy atom. The number of aliphatic hydroxyl groups excluding tert-OH is 1. The molecule has 2 heterocycles. The lowest BCUT2D eigenvalue weighted by Gasteiger charge is -2.31. The molecule has 0 aromatic carbocycles. The summed E-state index contributed by atoms with van der Waals surface area (Å²) >= 11 is 7.38. The average molecular weight is 246 g/mol. The van der Waals surface area contributed by atoms with Gasteiger partial charge in [-0.05, 0) is 31.4 Å². The Balaban J connectivity index is 2.03. The van der Waals surface area contributed by atoms with Gasteiger partial charge in [0.05, 0.1) is 5.02 Å². The van der Waals surface area contributed by atoms with Crippen LogP contribution < -0.4 is 5.32 Å². The molecule has 84 valence electrons. The first-order valence-corrected chi connectivity index (χ1v) is 6.58. The molecule has 0 aliphatic carbocycles. The topological polar surface area (TPSA) is 32.3 Å². The molecule has 0 bridgehead atoms. The largest absolute Gasteiger partial charge is 0.386 e. The zero-order valence-corrected chi connectivity index (χ0v) is 10.3. The Hall–Kier alpha value is -0.0900. The fraction of sp³-hybridized carbons (Fsp3) is 0.636. The maximum absolute atomic E-state index is 10.2. The molecule has 1 aromatic rings. The number of thiophene rings is 1. The minimum atomic E-state index is -0.412. The molecule has 15 heavy (non-hydrogen) atoms. The highest BCUT2D eigenvalue weighted by Gasteiger charge is 2.26. The third kappa shape index (κ3) is 2.72. The highest BCUT2D eigenvalue weighted by Crippen LogP contribution is 2.31. The first kappa shape index (κ1) is 11.4. The summed E-state index contributed by atoms with van der Waals surface area (Å²) in [5, 5.41) is 16.1. The predicted octanol–water partition coefficient (Wildman–Crippen LogP) is 2.82. The maximum Gasteiger partial charge on any atom is 0.103 e. The van der Waals surface area contributed by atoms with Gasteiger partial charge < -0.3 is 10.4 Å². The first-order chi connectivity index (χ1) is 7.16. The predicted molar refractivity (Wildman–Crippen MR) is 64.5 cm³/mol. The van der Waals surface area contributed by atoms with Gasteiger partial charge in [0.15, 0.2) is 0 Å². The minimum Gasteiger partial charge on any atom is -0.386 e. The van der Waals surface area contributed by atoms with Gasteiger partial charge in [-0.1, -0.05) is 18.5 Å². The third-order valence-corrected chi connectivity index (χ3v) is 4.31. The number of hydrogen-bond donors (Lipinski definition) is 2. The summed E-state index contributed by atoms with van der Waals surface area (Å²) in [5.41, 5.74) is 0. The Morgan fingerprint density at radius 1 is 1.67 bits per heavy atom. The van der Waals surface area contributed by atoms with Crippen molar-refractivity contribution in [3.63, 3.8) is 0 Å². The van der Waals surface area contributed by atoms with Gasteiger partial charge in [0.2, 0.25) is 0 Å². The SMILES string of the molecule is CC1CCNC(C(O)c2cc(Cl)cs2)C1. The van der Waals surface area contributed by atoms with Crippen molar-refractivity contribution in [2.45, 2.75) is 31.9 Å². The van der Waals surface area contributed by atoms with Crippen LogP contribution in [-0.4, -0.2) is 17.7 Å². The van der Waals surface area contributed by atoms with Crippen LogP contribution >= 0.6 is 22.9 Å². The molecule has 2 rings (SSSR count). The maximum atomic E-state index is 10.2. The fourth-order valence-corrected chi connectivity index (χ4v) is 3.20.